The summed E-state index contributed by atoms with van der Waals surface area (Å²) in [6, 6.07) is 1.87. The summed E-state index contributed by atoms with van der Waals surface area (Å²) in [6.07, 6.45) is 3.57. The average molecular weight is 195 g/mol. The zero-order valence-electron chi connectivity index (χ0n) is 9.04. The Morgan fingerprint density at radius 1 is 1.43 bits per heavy atom. The van der Waals surface area contributed by atoms with Gasteiger partial charge in [0.1, 0.15) is 11.6 Å². The first-order valence-electron chi connectivity index (χ1n) is 4.98. The van der Waals surface area contributed by atoms with Gasteiger partial charge in [-0.2, -0.15) is 5.26 Å². The van der Waals surface area contributed by atoms with Crippen molar-refractivity contribution >= 4 is 5.97 Å². The van der Waals surface area contributed by atoms with E-state index in [1.54, 1.807) is 13.0 Å². The Kier molecular flexibility index (Phi) is 6.47. The Morgan fingerprint density at radius 3 is 2.36 bits per heavy atom. The molecule has 0 unspecified atom stereocenters. The normalized spacial score (nSPS) is 11.2. The second-order valence-corrected chi connectivity index (χ2v) is 2.99. The Balaban J connectivity index is 4.54. The first-order valence-corrected chi connectivity index (χ1v) is 4.98. The molecule has 0 heterocycles. The molecule has 0 aromatic heterocycles. The molecule has 0 amide bonds. The lowest BCUT2D eigenvalue weighted by molar-refractivity contribution is -0.138. The van der Waals surface area contributed by atoms with Crippen molar-refractivity contribution in [3.8, 4) is 6.07 Å². The highest BCUT2D eigenvalue weighted by Crippen LogP contribution is 2.12. The molecule has 0 aliphatic rings. The lowest BCUT2D eigenvalue weighted by atomic mass is 10.0. The summed E-state index contributed by atoms with van der Waals surface area (Å²) >= 11 is 0. The molecular formula is C11H17NO2. The van der Waals surface area contributed by atoms with Gasteiger partial charge >= 0.3 is 5.97 Å². The van der Waals surface area contributed by atoms with Gasteiger partial charge < -0.3 is 4.74 Å². The van der Waals surface area contributed by atoms with Gasteiger partial charge in [-0.15, -0.1) is 0 Å². The SMILES string of the molecule is CCOC(=O)/C(C#N)=C/C(CC)CC. The van der Waals surface area contributed by atoms with Crippen molar-refractivity contribution in [1.29, 1.82) is 5.26 Å². The van der Waals surface area contributed by atoms with Crippen LogP contribution in [-0.4, -0.2) is 12.6 Å². The number of carbonyl (C=O) groups is 1. The van der Waals surface area contributed by atoms with E-state index in [4.69, 9.17) is 10.00 Å². The van der Waals surface area contributed by atoms with Gasteiger partial charge in [-0.25, -0.2) is 4.79 Å². The Morgan fingerprint density at radius 2 is 2.00 bits per heavy atom. The number of rotatable bonds is 5. The first kappa shape index (κ1) is 12.7. The third-order valence-electron chi connectivity index (χ3n) is 2.07. The second-order valence-electron chi connectivity index (χ2n) is 2.99. The molecule has 0 rings (SSSR count). The fourth-order valence-corrected chi connectivity index (χ4v) is 1.12. The molecule has 0 bridgehead atoms. The molecule has 0 radical (unpaired) electrons. The summed E-state index contributed by atoms with van der Waals surface area (Å²) in [5.41, 5.74) is 0.126. The van der Waals surface area contributed by atoms with Gasteiger partial charge in [0.25, 0.3) is 0 Å². The molecule has 0 aliphatic carbocycles. The summed E-state index contributed by atoms with van der Waals surface area (Å²) in [5.74, 6) is -0.226. The van der Waals surface area contributed by atoms with Gasteiger partial charge in [-0.05, 0) is 25.7 Å². The third kappa shape index (κ3) is 4.08. The minimum Gasteiger partial charge on any atom is -0.462 e. The molecule has 0 spiro atoms. The number of allylic oxidation sites excluding steroid dienone is 1. The van der Waals surface area contributed by atoms with Gasteiger partial charge in [-0.3, -0.25) is 0 Å². The van der Waals surface area contributed by atoms with E-state index in [9.17, 15) is 4.79 Å². The molecule has 0 aromatic carbocycles. The third-order valence-corrected chi connectivity index (χ3v) is 2.07. The lowest BCUT2D eigenvalue weighted by Gasteiger charge is -2.06. The summed E-state index contributed by atoms with van der Waals surface area (Å²) in [4.78, 5) is 11.2. The Hall–Kier alpha value is -1.30. The summed E-state index contributed by atoms with van der Waals surface area (Å²) in [6.45, 7) is 6.10. The maximum Gasteiger partial charge on any atom is 0.348 e. The fourth-order valence-electron chi connectivity index (χ4n) is 1.12. The van der Waals surface area contributed by atoms with Crippen molar-refractivity contribution in [1.82, 2.24) is 0 Å². The van der Waals surface area contributed by atoms with E-state index in [-0.39, 0.29) is 11.5 Å². The summed E-state index contributed by atoms with van der Waals surface area (Å²) < 4.78 is 4.76. The highest BCUT2D eigenvalue weighted by molar-refractivity contribution is 5.92. The van der Waals surface area contributed by atoms with E-state index in [2.05, 4.69) is 0 Å². The largest absolute Gasteiger partial charge is 0.462 e. The number of nitrogens with zero attached hydrogens (tertiary/aromatic N) is 1. The molecule has 3 heteroatoms. The number of esters is 1. The van der Waals surface area contributed by atoms with Crippen molar-refractivity contribution < 1.29 is 9.53 Å². The number of nitriles is 1. The molecule has 0 saturated carbocycles. The summed E-state index contributed by atoms with van der Waals surface area (Å²) in [5, 5.41) is 8.74. The van der Waals surface area contributed by atoms with Crippen LogP contribution in [-0.2, 0) is 9.53 Å². The van der Waals surface area contributed by atoms with Gasteiger partial charge in [0.05, 0.1) is 6.61 Å². The van der Waals surface area contributed by atoms with E-state index in [0.717, 1.165) is 12.8 Å². The zero-order chi connectivity index (χ0) is 11.0. The maximum absolute atomic E-state index is 11.2. The van der Waals surface area contributed by atoms with Gasteiger partial charge in [-0.1, -0.05) is 19.9 Å². The van der Waals surface area contributed by atoms with Crippen LogP contribution in [0.5, 0.6) is 0 Å². The van der Waals surface area contributed by atoms with Crippen molar-refractivity contribution in [2.75, 3.05) is 6.61 Å². The molecule has 0 aromatic rings. The Labute approximate surface area is 85.4 Å². The average Bonchev–Trinajstić information content (AvgIpc) is 2.20. The molecule has 78 valence electrons. The molecule has 0 atom stereocenters. The van der Waals surface area contributed by atoms with Crippen LogP contribution < -0.4 is 0 Å². The highest BCUT2D eigenvalue weighted by Gasteiger charge is 2.11. The number of carbonyl (C=O) groups excluding carboxylic acids is 1. The topological polar surface area (TPSA) is 50.1 Å². The predicted molar refractivity (Wildman–Crippen MR) is 54.4 cm³/mol. The highest BCUT2D eigenvalue weighted by atomic mass is 16.5. The van der Waals surface area contributed by atoms with Crippen molar-refractivity contribution in [2.45, 2.75) is 33.6 Å². The molecular weight excluding hydrogens is 178 g/mol. The van der Waals surface area contributed by atoms with Crippen LogP contribution in [0.2, 0.25) is 0 Å². The smallest absolute Gasteiger partial charge is 0.348 e. The van der Waals surface area contributed by atoms with E-state index < -0.39 is 5.97 Å². The minimum atomic E-state index is -0.512. The van der Waals surface area contributed by atoms with Crippen LogP contribution in [0.25, 0.3) is 0 Å². The van der Waals surface area contributed by atoms with Crippen LogP contribution in [0.4, 0.5) is 0 Å². The fraction of sp³-hybridized carbons (Fsp3) is 0.636. The first-order chi connectivity index (χ1) is 6.69. The van der Waals surface area contributed by atoms with E-state index in [0.29, 0.717) is 6.61 Å². The predicted octanol–water partition coefficient (Wildman–Crippen LogP) is 2.44. The van der Waals surface area contributed by atoms with E-state index >= 15 is 0 Å². The zero-order valence-corrected chi connectivity index (χ0v) is 9.04. The number of hydrogen-bond donors (Lipinski definition) is 0. The minimum absolute atomic E-state index is 0.126. The number of ether oxygens (including phenoxy) is 1. The number of hydrogen-bond acceptors (Lipinski definition) is 3. The van der Waals surface area contributed by atoms with E-state index in [1.165, 1.54) is 0 Å². The van der Waals surface area contributed by atoms with Gasteiger partial charge in [0, 0.05) is 0 Å². The van der Waals surface area contributed by atoms with Crippen LogP contribution in [0.15, 0.2) is 11.6 Å². The van der Waals surface area contributed by atoms with Crippen LogP contribution in [0.1, 0.15) is 33.6 Å². The van der Waals surface area contributed by atoms with Crippen LogP contribution >= 0.6 is 0 Å². The standard InChI is InChI=1S/C11H17NO2/c1-4-9(5-2)7-10(8-12)11(13)14-6-3/h7,9H,4-6H2,1-3H3/b10-7+. The second kappa shape index (κ2) is 7.14. The molecule has 0 fully saturated rings. The quantitative estimate of drug-likeness (QED) is 0.384. The van der Waals surface area contributed by atoms with Crippen molar-refractivity contribution in [3.05, 3.63) is 11.6 Å². The maximum atomic E-state index is 11.2. The lowest BCUT2D eigenvalue weighted by Crippen LogP contribution is -2.08. The Bertz CT molecular complexity index is 247. The molecule has 0 aliphatic heterocycles. The monoisotopic (exact) mass is 195 g/mol. The van der Waals surface area contributed by atoms with Gasteiger partial charge in [0.15, 0.2) is 0 Å². The van der Waals surface area contributed by atoms with Crippen molar-refractivity contribution in [3.63, 3.8) is 0 Å². The van der Waals surface area contributed by atoms with Crippen LogP contribution in [0, 0.1) is 17.2 Å². The van der Waals surface area contributed by atoms with E-state index in [1.807, 2.05) is 19.9 Å². The summed E-state index contributed by atoms with van der Waals surface area (Å²) in [7, 11) is 0. The van der Waals surface area contributed by atoms with Crippen molar-refractivity contribution in [2.24, 2.45) is 5.92 Å². The molecule has 0 N–H and O–H groups in total. The van der Waals surface area contributed by atoms with Gasteiger partial charge in [0.2, 0.25) is 0 Å². The molecule has 0 saturated heterocycles. The van der Waals surface area contributed by atoms with Crippen LogP contribution in [0.3, 0.4) is 0 Å². The molecule has 14 heavy (non-hydrogen) atoms. The molecule has 3 nitrogen and oxygen atoms in total.